The maximum absolute atomic E-state index is 13.9. The molecule has 0 aliphatic rings. The second-order valence-electron chi connectivity index (χ2n) is 4.19. The fraction of sp³-hybridized carbons (Fsp3) is 0. The topological polar surface area (TPSA) is 56.7 Å². The maximum atomic E-state index is 13.9. The quantitative estimate of drug-likeness (QED) is 0.780. The van der Waals surface area contributed by atoms with Gasteiger partial charge in [-0.15, -0.1) is 0 Å². The minimum Gasteiger partial charge on any atom is -0.384 e. The van der Waals surface area contributed by atoms with E-state index in [1.807, 2.05) is 0 Å². The number of nitrogens with two attached hydrogens (primary N) is 1. The maximum Gasteiger partial charge on any atom is 0.182 e. The van der Waals surface area contributed by atoms with Gasteiger partial charge in [0.25, 0.3) is 0 Å². The number of rotatable bonds is 2. The van der Waals surface area contributed by atoms with Gasteiger partial charge in [0, 0.05) is 11.8 Å². The third kappa shape index (κ3) is 2.01. The van der Waals surface area contributed by atoms with Crippen LogP contribution in [0, 0.1) is 11.6 Å². The highest BCUT2D eigenvalue weighted by Gasteiger charge is 2.13. The molecule has 6 heteroatoms. The normalized spacial score (nSPS) is 10.7. The number of imidazole rings is 1. The molecule has 0 aliphatic carbocycles. The molecule has 100 valence electrons. The van der Waals surface area contributed by atoms with E-state index in [1.54, 1.807) is 24.5 Å². The lowest BCUT2D eigenvalue weighted by Gasteiger charge is -2.09. The zero-order valence-electron chi connectivity index (χ0n) is 10.3. The van der Waals surface area contributed by atoms with E-state index in [4.69, 9.17) is 5.73 Å². The van der Waals surface area contributed by atoms with Crippen molar-refractivity contribution in [3.63, 3.8) is 0 Å². The Morgan fingerprint density at radius 1 is 1.05 bits per heavy atom. The second-order valence-corrected chi connectivity index (χ2v) is 4.19. The zero-order valence-corrected chi connectivity index (χ0v) is 10.3. The fourth-order valence-electron chi connectivity index (χ4n) is 1.94. The van der Waals surface area contributed by atoms with Crippen LogP contribution >= 0.6 is 0 Å². The Hall–Kier alpha value is -2.76. The van der Waals surface area contributed by atoms with Gasteiger partial charge < -0.3 is 5.73 Å². The largest absolute Gasteiger partial charge is 0.384 e. The molecular weight excluding hydrogens is 262 g/mol. The molecule has 0 radical (unpaired) electrons. The number of aromatic nitrogens is 3. The van der Waals surface area contributed by atoms with Crippen molar-refractivity contribution >= 4 is 5.82 Å². The van der Waals surface area contributed by atoms with Crippen LogP contribution in [0.5, 0.6) is 0 Å². The van der Waals surface area contributed by atoms with E-state index in [-0.39, 0.29) is 5.69 Å². The molecule has 0 atom stereocenters. The Kier molecular flexibility index (Phi) is 2.90. The van der Waals surface area contributed by atoms with Crippen LogP contribution in [0.2, 0.25) is 0 Å². The van der Waals surface area contributed by atoms with E-state index in [1.165, 1.54) is 23.0 Å². The van der Waals surface area contributed by atoms with Crippen LogP contribution in [0.4, 0.5) is 14.6 Å². The van der Waals surface area contributed by atoms with Crippen molar-refractivity contribution in [2.24, 2.45) is 0 Å². The third-order valence-corrected chi connectivity index (χ3v) is 2.91. The average molecular weight is 272 g/mol. The monoisotopic (exact) mass is 272 g/mol. The molecule has 0 saturated heterocycles. The number of pyridine rings is 1. The van der Waals surface area contributed by atoms with E-state index in [9.17, 15) is 8.78 Å². The van der Waals surface area contributed by atoms with Gasteiger partial charge in [-0.2, -0.15) is 0 Å². The van der Waals surface area contributed by atoms with Crippen LogP contribution in [-0.4, -0.2) is 14.5 Å². The van der Waals surface area contributed by atoms with Crippen LogP contribution in [-0.2, 0) is 0 Å². The van der Waals surface area contributed by atoms with Crippen molar-refractivity contribution in [2.75, 3.05) is 5.73 Å². The van der Waals surface area contributed by atoms with Gasteiger partial charge in [-0.1, -0.05) is 6.07 Å². The highest BCUT2D eigenvalue weighted by molar-refractivity contribution is 5.62. The number of nitrogen functional groups attached to an aromatic ring is 1. The lowest BCUT2D eigenvalue weighted by atomic mass is 10.2. The molecule has 0 unspecified atom stereocenters. The zero-order chi connectivity index (χ0) is 14.1. The van der Waals surface area contributed by atoms with Crippen LogP contribution in [0.1, 0.15) is 0 Å². The Labute approximate surface area is 113 Å². The number of benzene rings is 1. The first-order valence-corrected chi connectivity index (χ1v) is 5.85. The summed E-state index contributed by atoms with van der Waals surface area (Å²) < 4.78 is 28.6. The second kappa shape index (κ2) is 4.73. The van der Waals surface area contributed by atoms with Gasteiger partial charge in [0.15, 0.2) is 11.6 Å². The lowest BCUT2D eigenvalue weighted by molar-refractivity contribution is 0.504. The summed E-state index contributed by atoms with van der Waals surface area (Å²) in [7, 11) is 0. The van der Waals surface area contributed by atoms with Gasteiger partial charge in [0.1, 0.15) is 5.82 Å². The number of hydrogen-bond acceptors (Lipinski definition) is 3. The van der Waals surface area contributed by atoms with E-state index in [0.717, 1.165) is 6.07 Å². The molecule has 4 nitrogen and oxygen atoms in total. The summed E-state index contributed by atoms with van der Waals surface area (Å²) in [5.41, 5.74) is 6.93. The molecule has 2 N–H and O–H groups in total. The van der Waals surface area contributed by atoms with E-state index < -0.39 is 11.6 Å². The summed E-state index contributed by atoms with van der Waals surface area (Å²) in [6, 6.07) is 7.37. The van der Waals surface area contributed by atoms with Crippen molar-refractivity contribution in [1.29, 1.82) is 0 Å². The highest BCUT2D eigenvalue weighted by atomic mass is 19.2. The minimum absolute atomic E-state index is 0.0920. The molecule has 0 spiro atoms. The molecule has 20 heavy (non-hydrogen) atoms. The summed E-state index contributed by atoms with van der Waals surface area (Å²) in [6.45, 7) is 0. The number of halogens is 2. The first kappa shape index (κ1) is 12.3. The Morgan fingerprint density at radius 2 is 1.90 bits per heavy atom. The Bertz CT molecular complexity index is 750. The van der Waals surface area contributed by atoms with Gasteiger partial charge in [0.2, 0.25) is 0 Å². The van der Waals surface area contributed by atoms with Crippen molar-refractivity contribution in [3.8, 4) is 16.9 Å². The third-order valence-electron chi connectivity index (χ3n) is 2.91. The smallest absolute Gasteiger partial charge is 0.182 e. The molecule has 2 aromatic heterocycles. The average Bonchev–Trinajstić information content (AvgIpc) is 2.92. The van der Waals surface area contributed by atoms with Gasteiger partial charge in [-0.3, -0.25) is 4.57 Å². The standard InChI is InChI=1S/C14H10F2N4/c15-10-2-1-3-11(14(10)16)20-8-18-7-12(20)9-4-5-13(17)19-6-9/h1-8H,(H2,17,19). The molecule has 3 aromatic rings. The molecular formula is C14H10F2N4. The fourth-order valence-corrected chi connectivity index (χ4v) is 1.94. The van der Waals surface area contributed by atoms with Gasteiger partial charge in [0.05, 0.1) is 23.9 Å². The van der Waals surface area contributed by atoms with Crippen molar-refractivity contribution in [2.45, 2.75) is 0 Å². The predicted octanol–water partition coefficient (Wildman–Crippen LogP) is 2.79. The molecule has 0 amide bonds. The SMILES string of the molecule is Nc1ccc(-c2cncn2-c2cccc(F)c2F)cn1. The Morgan fingerprint density at radius 3 is 2.65 bits per heavy atom. The first-order chi connectivity index (χ1) is 9.66. The van der Waals surface area contributed by atoms with Crippen molar-refractivity contribution in [3.05, 3.63) is 60.7 Å². The van der Waals surface area contributed by atoms with Crippen LogP contribution in [0.15, 0.2) is 49.1 Å². The molecule has 1 aromatic carbocycles. The summed E-state index contributed by atoms with van der Waals surface area (Å²) in [5.74, 6) is -1.44. The lowest BCUT2D eigenvalue weighted by Crippen LogP contribution is -2.01. The van der Waals surface area contributed by atoms with E-state index in [2.05, 4.69) is 9.97 Å². The van der Waals surface area contributed by atoms with Crippen LogP contribution in [0.3, 0.4) is 0 Å². The number of anilines is 1. The molecule has 0 saturated carbocycles. The van der Waals surface area contributed by atoms with Crippen molar-refractivity contribution in [1.82, 2.24) is 14.5 Å². The van der Waals surface area contributed by atoms with Crippen LogP contribution in [0.25, 0.3) is 16.9 Å². The summed E-state index contributed by atoms with van der Waals surface area (Å²) in [6.07, 6.45) is 4.53. The predicted molar refractivity (Wildman–Crippen MR) is 71.1 cm³/mol. The van der Waals surface area contributed by atoms with Crippen LogP contribution < -0.4 is 5.73 Å². The molecule has 3 rings (SSSR count). The Balaban J connectivity index is 2.15. The molecule has 0 bridgehead atoms. The van der Waals surface area contributed by atoms with Crippen molar-refractivity contribution < 1.29 is 8.78 Å². The summed E-state index contributed by atoms with van der Waals surface area (Å²) in [5, 5.41) is 0. The van der Waals surface area contributed by atoms with Gasteiger partial charge in [-0.05, 0) is 24.3 Å². The summed E-state index contributed by atoms with van der Waals surface area (Å²) >= 11 is 0. The van der Waals surface area contributed by atoms with E-state index in [0.29, 0.717) is 17.1 Å². The molecule has 2 heterocycles. The number of hydrogen-bond donors (Lipinski definition) is 1. The first-order valence-electron chi connectivity index (χ1n) is 5.85. The molecule has 0 aliphatic heterocycles. The van der Waals surface area contributed by atoms with Gasteiger partial charge >= 0.3 is 0 Å². The number of nitrogens with zero attached hydrogens (tertiary/aromatic N) is 3. The van der Waals surface area contributed by atoms with E-state index >= 15 is 0 Å². The highest BCUT2D eigenvalue weighted by Crippen LogP contribution is 2.24. The minimum atomic E-state index is -0.921. The summed E-state index contributed by atoms with van der Waals surface area (Å²) in [4.78, 5) is 7.96. The molecule has 0 fully saturated rings. The van der Waals surface area contributed by atoms with Gasteiger partial charge in [-0.25, -0.2) is 18.7 Å².